The van der Waals surface area contributed by atoms with Gasteiger partial charge in [-0.1, -0.05) is 0 Å². The Morgan fingerprint density at radius 1 is 1.48 bits per heavy atom. The fourth-order valence-electron chi connectivity index (χ4n) is 3.22. The first-order chi connectivity index (χ1) is 12.7. The lowest BCUT2D eigenvalue weighted by molar-refractivity contribution is -0.0346. The first-order valence-corrected chi connectivity index (χ1v) is 9.98. The van der Waals surface area contributed by atoms with Gasteiger partial charge in [-0.3, -0.25) is 9.09 Å². The molecule has 0 aromatic carbocycles. The quantitative estimate of drug-likeness (QED) is 0.591. The first-order valence-electron chi connectivity index (χ1n) is 8.45. The molecule has 0 bridgehead atoms. The molecule has 2 aromatic heterocycles. The minimum absolute atomic E-state index is 0.0431. The Bertz CT molecular complexity index is 901. The summed E-state index contributed by atoms with van der Waals surface area (Å²) in [5.74, 6) is 0.620. The maximum atomic E-state index is 14.5. The van der Waals surface area contributed by atoms with Crippen molar-refractivity contribution >= 4 is 30.8 Å². The third-order valence-corrected chi connectivity index (χ3v) is 5.17. The highest BCUT2D eigenvalue weighted by molar-refractivity contribution is 7.46. The van der Waals surface area contributed by atoms with Crippen LogP contribution in [0.1, 0.15) is 25.5 Å². The van der Waals surface area contributed by atoms with Crippen LogP contribution < -0.4 is 10.6 Å². The van der Waals surface area contributed by atoms with Crippen LogP contribution in [-0.4, -0.2) is 61.3 Å². The molecule has 1 saturated carbocycles. The number of nitrogens with zero attached hydrogens (tertiary/aromatic N) is 5. The number of halogens is 1. The molecule has 3 atom stereocenters. The third-order valence-electron chi connectivity index (χ3n) is 4.68. The van der Waals surface area contributed by atoms with Crippen LogP contribution in [-0.2, 0) is 13.8 Å². The van der Waals surface area contributed by atoms with Crippen molar-refractivity contribution in [3.63, 3.8) is 0 Å². The highest BCUT2D eigenvalue weighted by atomic mass is 31.2. The second kappa shape index (κ2) is 6.64. The molecule has 2 fully saturated rings. The van der Waals surface area contributed by atoms with Crippen molar-refractivity contribution in [1.82, 2.24) is 19.5 Å². The molecule has 0 amide bonds. The Balaban J connectivity index is 1.61. The molecular weight excluding hydrogens is 382 g/mol. The summed E-state index contributed by atoms with van der Waals surface area (Å²) in [6.07, 6.45) is 0.182. The average molecular weight is 402 g/mol. The van der Waals surface area contributed by atoms with Crippen molar-refractivity contribution in [3.8, 4) is 0 Å². The zero-order chi connectivity index (χ0) is 19.3. The van der Waals surface area contributed by atoms with E-state index in [2.05, 4.69) is 19.5 Å². The van der Waals surface area contributed by atoms with Crippen LogP contribution in [0.4, 0.5) is 16.2 Å². The minimum atomic E-state index is -4.65. The Hall–Kier alpha value is -1.85. The summed E-state index contributed by atoms with van der Waals surface area (Å²) in [6, 6.07) is 0.374. The molecule has 1 saturated heterocycles. The molecule has 3 heterocycles. The number of rotatable bonds is 6. The second-order valence-corrected chi connectivity index (χ2v) is 8.00. The number of aromatic nitrogens is 4. The van der Waals surface area contributed by atoms with Gasteiger partial charge in [-0.25, -0.2) is 13.9 Å². The topological polar surface area (TPSA) is 149 Å². The lowest BCUT2D eigenvalue weighted by Crippen LogP contribution is -2.22. The zero-order valence-electron chi connectivity index (χ0n) is 14.5. The van der Waals surface area contributed by atoms with Crippen LogP contribution in [0.2, 0.25) is 0 Å². The monoisotopic (exact) mass is 402 g/mol. The summed E-state index contributed by atoms with van der Waals surface area (Å²) in [4.78, 5) is 32.3. The number of fused-ring (bicyclic) bond motifs is 1. The van der Waals surface area contributed by atoms with Gasteiger partial charge in [-0.2, -0.15) is 9.97 Å². The van der Waals surface area contributed by atoms with Gasteiger partial charge in [0.05, 0.1) is 19.0 Å². The largest absolute Gasteiger partial charge is 0.469 e. The molecular formula is C14H20FN6O5P. The number of imidazole rings is 1. The van der Waals surface area contributed by atoms with Gasteiger partial charge >= 0.3 is 7.82 Å². The number of hydrogen-bond acceptors (Lipinski definition) is 8. The number of alkyl halides is 1. The van der Waals surface area contributed by atoms with Crippen LogP contribution >= 0.6 is 7.82 Å². The first kappa shape index (κ1) is 18.5. The van der Waals surface area contributed by atoms with Gasteiger partial charge < -0.3 is 25.2 Å². The van der Waals surface area contributed by atoms with E-state index in [0.29, 0.717) is 23.0 Å². The number of nitrogen functional groups attached to an aromatic ring is 1. The maximum absolute atomic E-state index is 14.5. The number of hydrogen-bond donors (Lipinski definition) is 3. The molecule has 27 heavy (non-hydrogen) atoms. The zero-order valence-corrected chi connectivity index (χ0v) is 15.4. The molecule has 4 N–H and O–H groups in total. The van der Waals surface area contributed by atoms with Crippen LogP contribution in [0.5, 0.6) is 0 Å². The molecule has 0 spiro atoms. The van der Waals surface area contributed by atoms with Crippen LogP contribution in [0.3, 0.4) is 0 Å². The van der Waals surface area contributed by atoms with Crippen molar-refractivity contribution in [2.45, 2.75) is 43.8 Å². The fourth-order valence-corrected chi connectivity index (χ4v) is 3.58. The SMILES string of the molecule is CN(c1nc(N)nc2c1ncn2[C@@H]1O[C@H](COP(=O)(O)O)C[C@@H]1F)C1CC1. The van der Waals surface area contributed by atoms with E-state index in [0.717, 1.165) is 12.8 Å². The van der Waals surface area contributed by atoms with Crippen molar-refractivity contribution in [2.24, 2.45) is 0 Å². The van der Waals surface area contributed by atoms with Gasteiger partial charge in [0.15, 0.2) is 23.2 Å². The average Bonchev–Trinajstić information content (AvgIpc) is 3.26. The Labute approximate surface area is 153 Å². The van der Waals surface area contributed by atoms with Crippen molar-refractivity contribution in [2.75, 3.05) is 24.3 Å². The van der Waals surface area contributed by atoms with E-state index >= 15 is 0 Å². The molecule has 1 aliphatic carbocycles. The van der Waals surface area contributed by atoms with Gasteiger partial charge in [-0.15, -0.1) is 0 Å². The Kier molecular flexibility index (Phi) is 4.55. The standard InChI is InChI=1S/C14H20FN6O5P/c1-20(7-2-3-7)11-10-12(19-14(16)18-11)21(6-17-10)13-9(15)4-8(26-13)5-25-27(22,23)24/h6-9,13H,2-5H2,1H3,(H2,16,18,19)(H2,22,23,24)/t8-,9-,13+/m0/s1. The molecule has 2 aromatic rings. The predicted molar refractivity (Wildman–Crippen MR) is 92.6 cm³/mol. The van der Waals surface area contributed by atoms with Crippen LogP contribution in [0.15, 0.2) is 6.33 Å². The van der Waals surface area contributed by atoms with Crippen LogP contribution in [0, 0.1) is 0 Å². The summed E-state index contributed by atoms with van der Waals surface area (Å²) in [5.41, 5.74) is 6.67. The molecule has 2 aliphatic rings. The van der Waals surface area contributed by atoms with Gasteiger partial charge in [0, 0.05) is 19.5 Å². The van der Waals surface area contributed by atoms with E-state index in [-0.39, 0.29) is 12.4 Å². The van der Waals surface area contributed by atoms with E-state index in [1.807, 2.05) is 11.9 Å². The summed E-state index contributed by atoms with van der Waals surface area (Å²) in [5, 5.41) is 0. The van der Waals surface area contributed by atoms with Crippen molar-refractivity contribution in [1.29, 1.82) is 0 Å². The summed E-state index contributed by atoms with van der Waals surface area (Å²) < 4.78 is 36.8. The van der Waals surface area contributed by atoms with E-state index in [1.165, 1.54) is 10.9 Å². The summed E-state index contributed by atoms with van der Waals surface area (Å²) in [6.45, 7) is -0.416. The number of nitrogens with two attached hydrogens (primary N) is 1. The third kappa shape index (κ3) is 3.76. The summed E-state index contributed by atoms with van der Waals surface area (Å²) >= 11 is 0. The number of phosphoric acid groups is 1. The van der Waals surface area contributed by atoms with Gasteiger partial charge in [0.1, 0.15) is 6.17 Å². The van der Waals surface area contributed by atoms with E-state index < -0.39 is 32.9 Å². The summed E-state index contributed by atoms with van der Waals surface area (Å²) in [7, 11) is -2.75. The number of anilines is 2. The number of phosphoric ester groups is 1. The van der Waals surface area contributed by atoms with Gasteiger partial charge in [0.2, 0.25) is 5.95 Å². The van der Waals surface area contributed by atoms with E-state index in [4.69, 9.17) is 20.3 Å². The van der Waals surface area contributed by atoms with Crippen molar-refractivity contribution < 1.29 is 28.0 Å². The highest BCUT2D eigenvalue weighted by Crippen LogP contribution is 2.40. The molecule has 4 rings (SSSR count). The van der Waals surface area contributed by atoms with Gasteiger partial charge in [0.25, 0.3) is 0 Å². The maximum Gasteiger partial charge on any atom is 0.469 e. The Morgan fingerprint density at radius 3 is 2.89 bits per heavy atom. The lowest BCUT2D eigenvalue weighted by Gasteiger charge is -2.19. The Morgan fingerprint density at radius 2 is 2.22 bits per heavy atom. The van der Waals surface area contributed by atoms with E-state index in [9.17, 15) is 8.96 Å². The fraction of sp³-hybridized carbons (Fsp3) is 0.643. The van der Waals surface area contributed by atoms with Crippen LogP contribution in [0.25, 0.3) is 11.2 Å². The molecule has 0 radical (unpaired) electrons. The molecule has 0 unspecified atom stereocenters. The second-order valence-electron chi connectivity index (χ2n) is 6.76. The molecule has 148 valence electrons. The molecule has 13 heteroatoms. The lowest BCUT2D eigenvalue weighted by atomic mass is 10.2. The molecule has 11 nitrogen and oxygen atoms in total. The van der Waals surface area contributed by atoms with Gasteiger partial charge in [-0.05, 0) is 12.8 Å². The predicted octanol–water partition coefficient (Wildman–Crippen LogP) is 0.742. The molecule has 1 aliphatic heterocycles. The van der Waals surface area contributed by atoms with Crippen molar-refractivity contribution in [3.05, 3.63) is 6.33 Å². The normalized spacial score (nSPS) is 26.0. The smallest absolute Gasteiger partial charge is 0.368 e. The highest BCUT2D eigenvalue weighted by Gasteiger charge is 2.39. The van der Waals surface area contributed by atoms with E-state index in [1.54, 1.807) is 0 Å². The minimum Gasteiger partial charge on any atom is -0.368 e. The number of ether oxygens (including phenoxy) is 1.